The van der Waals surface area contributed by atoms with Crippen LogP contribution in [0.2, 0.25) is 0 Å². The van der Waals surface area contributed by atoms with E-state index in [9.17, 15) is 9.90 Å². The Morgan fingerprint density at radius 1 is 1.25 bits per heavy atom. The predicted molar refractivity (Wildman–Crippen MR) is 62.3 cm³/mol. The van der Waals surface area contributed by atoms with Crippen LogP contribution in [0.1, 0.15) is 22.8 Å². The summed E-state index contributed by atoms with van der Waals surface area (Å²) in [5.41, 5.74) is 2.19. The number of benzene rings is 1. The van der Waals surface area contributed by atoms with E-state index in [-0.39, 0.29) is 5.56 Å². The van der Waals surface area contributed by atoms with E-state index < -0.39 is 6.10 Å². The molecule has 0 spiro atoms. The van der Waals surface area contributed by atoms with Gasteiger partial charge in [0.25, 0.3) is 0 Å². The molecule has 2 rings (SSSR count). The van der Waals surface area contributed by atoms with Crippen molar-refractivity contribution in [2.45, 2.75) is 13.0 Å². The van der Waals surface area contributed by atoms with E-state index in [0.29, 0.717) is 0 Å². The van der Waals surface area contributed by atoms with Gasteiger partial charge in [-0.25, -0.2) is 0 Å². The van der Waals surface area contributed by atoms with Gasteiger partial charge in [0.1, 0.15) is 6.10 Å². The number of hydrogen-bond acceptors (Lipinski definition) is 2. The summed E-state index contributed by atoms with van der Waals surface area (Å²) in [5.74, 6) is 0. The number of nitrogens with one attached hydrogen (secondary N) is 1. The SMILES string of the molecule is Cc1cc(=O)[nH]cc1[C@@H](O)c1ccccc1. The minimum absolute atomic E-state index is 0.151. The summed E-state index contributed by atoms with van der Waals surface area (Å²) >= 11 is 0. The first kappa shape index (κ1) is 10.6. The van der Waals surface area contributed by atoms with Crippen molar-refractivity contribution in [2.75, 3.05) is 0 Å². The van der Waals surface area contributed by atoms with Gasteiger partial charge in [-0.3, -0.25) is 4.79 Å². The van der Waals surface area contributed by atoms with Gasteiger partial charge in [0.05, 0.1) is 0 Å². The molecule has 3 heteroatoms. The molecule has 0 saturated carbocycles. The topological polar surface area (TPSA) is 53.1 Å². The van der Waals surface area contributed by atoms with Gasteiger partial charge in [-0.1, -0.05) is 30.3 Å². The molecule has 1 atom stereocenters. The first-order valence-electron chi connectivity index (χ1n) is 5.11. The Balaban J connectivity index is 2.42. The van der Waals surface area contributed by atoms with Crippen molar-refractivity contribution in [3.8, 4) is 0 Å². The molecule has 2 aromatic rings. The van der Waals surface area contributed by atoms with Crippen molar-refractivity contribution >= 4 is 0 Å². The molecule has 1 heterocycles. The van der Waals surface area contributed by atoms with Gasteiger partial charge >= 0.3 is 0 Å². The van der Waals surface area contributed by atoms with E-state index in [1.54, 1.807) is 6.20 Å². The average molecular weight is 215 g/mol. The van der Waals surface area contributed by atoms with Gasteiger partial charge in [-0.15, -0.1) is 0 Å². The molecule has 0 amide bonds. The molecule has 16 heavy (non-hydrogen) atoms. The van der Waals surface area contributed by atoms with E-state index in [4.69, 9.17) is 0 Å². The van der Waals surface area contributed by atoms with Gasteiger partial charge in [0.2, 0.25) is 5.56 Å². The monoisotopic (exact) mass is 215 g/mol. The van der Waals surface area contributed by atoms with E-state index in [0.717, 1.165) is 16.7 Å². The van der Waals surface area contributed by atoms with Crippen molar-refractivity contribution in [3.05, 3.63) is 69.6 Å². The Bertz CT molecular complexity index is 531. The van der Waals surface area contributed by atoms with Crippen LogP contribution >= 0.6 is 0 Å². The number of aromatic amines is 1. The van der Waals surface area contributed by atoms with Gasteiger partial charge in [0, 0.05) is 17.8 Å². The van der Waals surface area contributed by atoms with Crippen LogP contribution in [-0.2, 0) is 0 Å². The number of aliphatic hydroxyl groups is 1. The van der Waals surface area contributed by atoms with Crippen LogP contribution in [0.15, 0.2) is 47.4 Å². The number of pyridine rings is 1. The van der Waals surface area contributed by atoms with Crippen molar-refractivity contribution in [1.29, 1.82) is 0 Å². The fraction of sp³-hybridized carbons (Fsp3) is 0.154. The lowest BCUT2D eigenvalue weighted by Crippen LogP contribution is -2.09. The number of aryl methyl sites for hydroxylation is 1. The first-order chi connectivity index (χ1) is 7.68. The predicted octanol–water partition coefficient (Wildman–Crippen LogP) is 1.77. The zero-order chi connectivity index (χ0) is 11.5. The molecule has 0 aliphatic rings. The molecular weight excluding hydrogens is 202 g/mol. The molecule has 82 valence electrons. The molecule has 0 aliphatic heterocycles. The number of aliphatic hydroxyl groups excluding tert-OH is 1. The molecule has 2 N–H and O–H groups in total. The highest BCUT2D eigenvalue weighted by Gasteiger charge is 2.12. The smallest absolute Gasteiger partial charge is 0.248 e. The maximum atomic E-state index is 11.1. The Hall–Kier alpha value is -1.87. The van der Waals surface area contributed by atoms with Crippen LogP contribution in [0.25, 0.3) is 0 Å². The van der Waals surface area contributed by atoms with Gasteiger partial charge < -0.3 is 10.1 Å². The second-order valence-corrected chi connectivity index (χ2v) is 3.75. The van der Waals surface area contributed by atoms with E-state index in [1.807, 2.05) is 37.3 Å². The highest BCUT2D eigenvalue weighted by Crippen LogP contribution is 2.22. The van der Waals surface area contributed by atoms with Gasteiger partial charge in [-0.05, 0) is 18.1 Å². The summed E-state index contributed by atoms with van der Waals surface area (Å²) in [7, 11) is 0. The second-order valence-electron chi connectivity index (χ2n) is 3.75. The van der Waals surface area contributed by atoms with Crippen LogP contribution in [0, 0.1) is 6.92 Å². The lowest BCUT2D eigenvalue weighted by molar-refractivity contribution is 0.219. The average Bonchev–Trinajstić information content (AvgIpc) is 2.29. The molecule has 0 fully saturated rings. The number of aromatic nitrogens is 1. The quantitative estimate of drug-likeness (QED) is 0.802. The Kier molecular flexibility index (Phi) is 2.88. The number of rotatable bonds is 2. The summed E-state index contributed by atoms with van der Waals surface area (Å²) < 4.78 is 0. The summed E-state index contributed by atoms with van der Waals surface area (Å²) in [6.45, 7) is 1.82. The van der Waals surface area contributed by atoms with Crippen molar-refractivity contribution < 1.29 is 5.11 Å². The maximum Gasteiger partial charge on any atom is 0.248 e. The summed E-state index contributed by atoms with van der Waals surface area (Å²) in [4.78, 5) is 13.6. The molecule has 0 radical (unpaired) electrons. The molecule has 0 saturated heterocycles. The Morgan fingerprint density at radius 2 is 1.94 bits per heavy atom. The minimum atomic E-state index is -0.696. The van der Waals surface area contributed by atoms with Crippen molar-refractivity contribution in [1.82, 2.24) is 4.98 Å². The molecule has 0 bridgehead atoms. The molecule has 0 aliphatic carbocycles. The van der Waals surface area contributed by atoms with E-state index in [1.165, 1.54) is 6.07 Å². The summed E-state index contributed by atoms with van der Waals surface area (Å²) in [6, 6.07) is 10.8. The molecular formula is C13H13NO2. The molecule has 1 aromatic heterocycles. The fourth-order valence-corrected chi connectivity index (χ4v) is 1.69. The summed E-state index contributed by atoms with van der Waals surface area (Å²) in [5, 5.41) is 10.1. The standard InChI is InChI=1S/C13H13NO2/c1-9-7-12(15)14-8-11(9)13(16)10-5-3-2-4-6-10/h2-8,13,16H,1H3,(H,14,15)/t13-/m0/s1. The minimum Gasteiger partial charge on any atom is -0.384 e. The third-order valence-corrected chi connectivity index (χ3v) is 2.58. The van der Waals surface area contributed by atoms with Crippen LogP contribution in [0.4, 0.5) is 0 Å². The largest absolute Gasteiger partial charge is 0.384 e. The fourth-order valence-electron chi connectivity index (χ4n) is 1.69. The Morgan fingerprint density at radius 3 is 2.56 bits per heavy atom. The third kappa shape index (κ3) is 2.04. The van der Waals surface area contributed by atoms with Gasteiger partial charge in [0.15, 0.2) is 0 Å². The lowest BCUT2D eigenvalue weighted by atomic mass is 10.00. The summed E-state index contributed by atoms with van der Waals surface area (Å²) in [6.07, 6.45) is 0.869. The highest BCUT2D eigenvalue weighted by molar-refractivity contribution is 5.32. The lowest BCUT2D eigenvalue weighted by Gasteiger charge is -2.13. The number of H-pyrrole nitrogens is 1. The van der Waals surface area contributed by atoms with Crippen LogP contribution in [-0.4, -0.2) is 10.1 Å². The van der Waals surface area contributed by atoms with Crippen LogP contribution in [0.5, 0.6) is 0 Å². The molecule has 0 unspecified atom stereocenters. The zero-order valence-corrected chi connectivity index (χ0v) is 8.97. The second kappa shape index (κ2) is 4.33. The van der Waals surface area contributed by atoms with Gasteiger partial charge in [-0.2, -0.15) is 0 Å². The van der Waals surface area contributed by atoms with E-state index >= 15 is 0 Å². The maximum absolute atomic E-state index is 11.1. The van der Waals surface area contributed by atoms with Crippen molar-refractivity contribution in [2.24, 2.45) is 0 Å². The van der Waals surface area contributed by atoms with E-state index in [2.05, 4.69) is 4.98 Å². The zero-order valence-electron chi connectivity index (χ0n) is 8.97. The van der Waals surface area contributed by atoms with Crippen molar-refractivity contribution in [3.63, 3.8) is 0 Å². The number of hydrogen-bond donors (Lipinski definition) is 2. The normalized spacial score (nSPS) is 12.4. The third-order valence-electron chi connectivity index (χ3n) is 2.58. The molecule has 3 nitrogen and oxygen atoms in total. The molecule has 1 aromatic carbocycles. The highest BCUT2D eigenvalue weighted by atomic mass is 16.3. The first-order valence-corrected chi connectivity index (χ1v) is 5.11. The van der Waals surface area contributed by atoms with Crippen LogP contribution < -0.4 is 5.56 Å². The van der Waals surface area contributed by atoms with Crippen LogP contribution in [0.3, 0.4) is 0 Å². The Labute approximate surface area is 93.4 Å².